The number of rotatable bonds is 5. The largest absolute Gasteiger partial charge is 0.493 e. The van der Waals surface area contributed by atoms with Crippen molar-refractivity contribution in [1.29, 1.82) is 0 Å². The maximum absolute atomic E-state index is 10.4. The number of aliphatic hydroxyl groups excluding tert-OH is 1. The van der Waals surface area contributed by atoms with E-state index in [1.807, 2.05) is 39.0 Å². The monoisotopic (exact) mass is 267 g/mol. The molecule has 1 rings (SSSR count). The van der Waals surface area contributed by atoms with Gasteiger partial charge in [0.15, 0.2) is 11.5 Å². The lowest BCUT2D eigenvalue weighted by Crippen LogP contribution is -2.36. The highest BCUT2D eigenvalue weighted by molar-refractivity contribution is 5.44. The smallest absolute Gasteiger partial charge is 0.160 e. The lowest BCUT2D eigenvalue weighted by molar-refractivity contribution is 0.0407. The molecule has 4 nitrogen and oxygen atoms in total. The Bertz CT molecular complexity index is 412. The van der Waals surface area contributed by atoms with E-state index < -0.39 is 6.10 Å². The fourth-order valence-corrected chi connectivity index (χ4v) is 2.13. The number of benzene rings is 1. The molecule has 1 aromatic carbocycles. The summed E-state index contributed by atoms with van der Waals surface area (Å²) >= 11 is 0. The summed E-state index contributed by atoms with van der Waals surface area (Å²) < 4.78 is 10.5. The molecule has 2 atom stereocenters. The first kappa shape index (κ1) is 15.8. The maximum atomic E-state index is 10.4. The SMILES string of the molecule is COc1ccc(C(CN)C(O)C(C)(C)C)cc1OC. The molecule has 4 heteroatoms. The number of nitrogens with two attached hydrogens (primary N) is 1. The van der Waals surface area contributed by atoms with Crippen LogP contribution in [0, 0.1) is 5.41 Å². The van der Waals surface area contributed by atoms with Gasteiger partial charge in [-0.05, 0) is 23.1 Å². The standard InChI is InChI=1S/C15H25NO3/c1-15(2,3)14(17)11(9-16)10-6-7-12(18-4)13(8-10)19-5/h6-8,11,14,17H,9,16H2,1-5H3. The fourth-order valence-electron chi connectivity index (χ4n) is 2.13. The molecule has 0 amide bonds. The van der Waals surface area contributed by atoms with Crippen molar-refractivity contribution in [2.24, 2.45) is 11.1 Å². The Morgan fingerprint density at radius 2 is 1.74 bits per heavy atom. The third kappa shape index (κ3) is 3.61. The van der Waals surface area contributed by atoms with E-state index in [4.69, 9.17) is 15.2 Å². The van der Waals surface area contributed by atoms with Crippen molar-refractivity contribution in [3.8, 4) is 11.5 Å². The van der Waals surface area contributed by atoms with Gasteiger partial charge in [0, 0.05) is 12.5 Å². The lowest BCUT2D eigenvalue weighted by Gasteiger charge is -2.33. The highest BCUT2D eigenvalue weighted by Crippen LogP contribution is 2.35. The van der Waals surface area contributed by atoms with Crippen molar-refractivity contribution in [2.75, 3.05) is 20.8 Å². The summed E-state index contributed by atoms with van der Waals surface area (Å²) in [5.74, 6) is 1.20. The quantitative estimate of drug-likeness (QED) is 0.858. The normalized spacial score (nSPS) is 14.9. The second-order valence-electron chi connectivity index (χ2n) is 5.77. The summed E-state index contributed by atoms with van der Waals surface area (Å²) in [4.78, 5) is 0. The zero-order valence-corrected chi connectivity index (χ0v) is 12.4. The minimum Gasteiger partial charge on any atom is -0.493 e. The molecule has 0 fully saturated rings. The average Bonchev–Trinajstić information content (AvgIpc) is 2.38. The first-order valence-corrected chi connectivity index (χ1v) is 6.45. The molecule has 1 aromatic rings. The third-order valence-electron chi connectivity index (χ3n) is 3.36. The van der Waals surface area contributed by atoms with Crippen molar-refractivity contribution in [2.45, 2.75) is 32.8 Å². The van der Waals surface area contributed by atoms with E-state index in [9.17, 15) is 5.11 Å². The summed E-state index contributed by atoms with van der Waals surface area (Å²) in [7, 11) is 3.20. The van der Waals surface area contributed by atoms with E-state index in [1.165, 1.54) is 0 Å². The van der Waals surface area contributed by atoms with Crippen LogP contribution in [-0.2, 0) is 0 Å². The van der Waals surface area contributed by atoms with Crippen LogP contribution in [-0.4, -0.2) is 32.0 Å². The maximum Gasteiger partial charge on any atom is 0.160 e. The third-order valence-corrected chi connectivity index (χ3v) is 3.36. The van der Waals surface area contributed by atoms with Crippen LogP contribution in [0.3, 0.4) is 0 Å². The highest BCUT2D eigenvalue weighted by Gasteiger charge is 2.31. The summed E-state index contributed by atoms with van der Waals surface area (Å²) in [6.07, 6.45) is -0.518. The Labute approximate surface area is 115 Å². The van der Waals surface area contributed by atoms with Gasteiger partial charge in [-0.1, -0.05) is 26.8 Å². The van der Waals surface area contributed by atoms with Gasteiger partial charge in [0.05, 0.1) is 20.3 Å². The van der Waals surface area contributed by atoms with Gasteiger partial charge in [0.2, 0.25) is 0 Å². The second-order valence-corrected chi connectivity index (χ2v) is 5.77. The molecule has 0 saturated heterocycles. The Morgan fingerprint density at radius 3 is 2.16 bits per heavy atom. The summed E-state index contributed by atoms with van der Waals surface area (Å²) in [5, 5.41) is 10.4. The van der Waals surface area contributed by atoms with Crippen molar-refractivity contribution >= 4 is 0 Å². The molecular weight excluding hydrogens is 242 g/mol. The number of methoxy groups -OCH3 is 2. The van der Waals surface area contributed by atoms with Gasteiger partial charge in [-0.2, -0.15) is 0 Å². The van der Waals surface area contributed by atoms with Crippen LogP contribution in [0.1, 0.15) is 32.3 Å². The molecule has 0 radical (unpaired) electrons. The predicted octanol–water partition coefficient (Wildman–Crippen LogP) is 2.15. The Morgan fingerprint density at radius 1 is 1.16 bits per heavy atom. The zero-order valence-electron chi connectivity index (χ0n) is 12.4. The lowest BCUT2D eigenvalue weighted by atomic mass is 9.78. The number of aliphatic hydroxyl groups is 1. The van der Waals surface area contributed by atoms with E-state index in [-0.39, 0.29) is 11.3 Å². The number of ether oxygens (including phenoxy) is 2. The first-order chi connectivity index (χ1) is 8.85. The van der Waals surface area contributed by atoms with E-state index in [2.05, 4.69) is 0 Å². The van der Waals surface area contributed by atoms with Gasteiger partial charge < -0.3 is 20.3 Å². The summed E-state index contributed by atoms with van der Waals surface area (Å²) in [5.41, 5.74) is 6.57. The molecule has 0 bridgehead atoms. The molecular formula is C15H25NO3. The molecule has 0 aromatic heterocycles. The van der Waals surface area contributed by atoms with Gasteiger partial charge >= 0.3 is 0 Å². The van der Waals surface area contributed by atoms with E-state index in [0.717, 1.165) is 5.56 Å². The van der Waals surface area contributed by atoms with Crippen molar-refractivity contribution in [3.05, 3.63) is 23.8 Å². The van der Waals surface area contributed by atoms with Crippen molar-refractivity contribution in [1.82, 2.24) is 0 Å². The van der Waals surface area contributed by atoms with Crippen LogP contribution in [0.5, 0.6) is 11.5 Å². The topological polar surface area (TPSA) is 64.7 Å². The fraction of sp³-hybridized carbons (Fsp3) is 0.600. The molecule has 108 valence electrons. The minimum absolute atomic E-state index is 0.125. The minimum atomic E-state index is -0.518. The van der Waals surface area contributed by atoms with Crippen LogP contribution in [0.2, 0.25) is 0 Å². The number of hydrogen-bond donors (Lipinski definition) is 2. The van der Waals surface area contributed by atoms with Gasteiger partial charge in [-0.3, -0.25) is 0 Å². The van der Waals surface area contributed by atoms with Gasteiger partial charge in [-0.25, -0.2) is 0 Å². The van der Waals surface area contributed by atoms with E-state index in [0.29, 0.717) is 18.0 Å². The Hall–Kier alpha value is -1.26. The molecule has 0 heterocycles. The molecule has 0 saturated carbocycles. The molecule has 19 heavy (non-hydrogen) atoms. The first-order valence-electron chi connectivity index (χ1n) is 6.45. The van der Waals surface area contributed by atoms with Crippen LogP contribution < -0.4 is 15.2 Å². The van der Waals surface area contributed by atoms with Crippen LogP contribution >= 0.6 is 0 Å². The molecule has 0 spiro atoms. The Balaban J connectivity index is 3.12. The predicted molar refractivity (Wildman–Crippen MR) is 76.8 cm³/mol. The molecule has 0 aliphatic carbocycles. The zero-order chi connectivity index (χ0) is 14.6. The van der Waals surface area contributed by atoms with Crippen molar-refractivity contribution in [3.63, 3.8) is 0 Å². The second kappa shape index (κ2) is 6.26. The van der Waals surface area contributed by atoms with Crippen LogP contribution in [0.4, 0.5) is 0 Å². The van der Waals surface area contributed by atoms with Crippen molar-refractivity contribution < 1.29 is 14.6 Å². The van der Waals surface area contributed by atoms with Gasteiger partial charge in [0.25, 0.3) is 0 Å². The van der Waals surface area contributed by atoms with Gasteiger partial charge in [0.1, 0.15) is 0 Å². The Kier molecular flexibility index (Phi) is 5.20. The van der Waals surface area contributed by atoms with Gasteiger partial charge in [-0.15, -0.1) is 0 Å². The van der Waals surface area contributed by atoms with Crippen LogP contribution in [0.15, 0.2) is 18.2 Å². The molecule has 0 aliphatic heterocycles. The number of hydrogen-bond acceptors (Lipinski definition) is 4. The van der Waals surface area contributed by atoms with E-state index in [1.54, 1.807) is 14.2 Å². The molecule has 0 aliphatic rings. The van der Waals surface area contributed by atoms with Crippen LogP contribution in [0.25, 0.3) is 0 Å². The molecule has 2 unspecified atom stereocenters. The summed E-state index contributed by atoms with van der Waals surface area (Å²) in [6, 6.07) is 5.64. The highest BCUT2D eigenvalue weighted by atomic mass is 16.5. The average molecular weight is 267 g/mol. The molecule has 3 N–H and O–H groups in total. The van der Waals surface area contributed by atoms with E-state index >= 15 is 0 Å². The summed E-state index contributed by atoms with van der Waals surface area (Å²) in [6.45, 7) is 6.39.